The molecule has 0 N–H and O–H groups in total. The van der Waals surface area contributed by atoms with Crippen molar-refractivity contribution in [3.8, 4) is 11.3 Å². The Morgan fingerprint density at radius 2 is 1.88 bits per heavy atom. The summed E-state index contributed by atoms with van der Waals surface area (Å²) in [5.74, 6) is 0. The first-order valence-corrected chi connectivity index (χ1v) is 6.66. The molecule has 0 saturated heterocycles. The molecular formula is C12H9IN3P. The summed E-state index contributed by atoms with van der Waals surface area (Å²) in [6, 6.07) is 12.3. The molecule has 2 aromatic heterocycles. The van der Waals surface area contributed by atoms with Gasteiger partial charge in [0.1, 0.15) is 5.69 Å². The summed E-state index contributed by atoms with van der Waals surface area (Å²) in [5.41, 5.74) is 3.00. The minimum Gasteiger partial charge on any atom is -0.236 e. The topological polar surface area (TPSA) is 30.7 Å². The van der Waals surface area contributed by atoms with Crippen LogP contribution in [0.4, 0.5) is 0 Å². The molecule has 1 atom stereocenters. The van der Waals surface area contributed by atoms with Crippen molar-refractivity contribution in [2.24, 2.45) is 0 Å². The zero-order chi connectivity index (χ0) is 11.8. The van der Waals surface area contributed by atoms with E-state index >= 15 is 0 Å². The minimum atomic E-state index is 0.901. The lowest BCUT2D eigenvalue weighted by atomic mass is 10.1. The first kappa shape index (κ1) is 11.1. The van der Waals surface area contributed by atoms with Gasteiger partial charge >= 0.3 is 0 Å². The van der Waals surface area contributed by atoms with Gasteiger partial charge in [0.25, 0.3) is 0 Å². The molecule has 0 aliphatic rings. The molecule has 1 aromatic carbocycles. The molecule has 5 heteroatoms. The third-order valence-corrected chi connectivity index (χ3v) is 3.65. The van der Waals surface area contributed by atoms with E-state index in [-0.39, 0.29) is 0 Å². The number of aromatic nitrogens is 3. The quantitative estimate of drug-likeness (QED) is 0.498. The average molecular weight is 353 g/mol. The highest BCUT2D eigenvalue weighted by Gasteiger charge is 2.11. The van der Waals surface area contributed by atoms with Gasteiger partial charge in [0.15, 0.2) is 5.65 Å². The maximum absolute atomic E-state index is 4.52. The summed E-state index contributed by atoms with van der Waals surface area (Å²) in [7, 11) is 2.68. The summed E-state index contributed by atoms with van der Waals surface area (Å²) in [6.45, 7) is 0. The Labute approximate surface area is 115 Å². The molecule has 3 aromatic rings. The standard InChI is InChI=1S/C12H9IN3P/c13-16-12-10(2-1-7-14-12)11(15-16)8-3-5-9(17)6-4-8/h1-7H,17H2. The lowest BCUT2D eigenvalue weighted by molar-refractivity contribution is 1.07. The van der Waals surface area contributed by atoms with Gasteiger partial charge in [-0.15, -0.1) is 9.24 Å². The first-order valence-electron chi connectivity index (χ1n) is 5.11. The molecule has 0 aliphatic heterocycles. The van der Waals surface area contributed by atoms with E-state index in [0.29, 0.717) is 0 Å². The van der Waals surface area contributed by atoms with Gasteiger partial charge in [-0.25, -0.2) is 4.98 Å². The lowest BCUT2D eigenvalue weighted by Gasteiger charge is -1.97. The minimum absolute atomic E-state index is 0.901. The smallest absolute Gasteiger partial charge is 0.168 e. The molecule has 1 unspecified atom stereocenters. The van der Waals surface area contributed by atoms with E-state index in [1.165, 1.54) is 5.30 Å². The van der Waals surface area contributed by atoms with Crippen LogP contribution in [-0.4, -0.2) is 13.0 Å². The molecule has 0 fully saturated rings. The highest BCUT2D eigenvalue weighted by atomic mass is 127. The molecule has 3 rings (SSSR count). The fraction of sp³-hybridized carbons (Fsp3) is 0. The van der Waals surface area contributed by atoms with Crippen LogP contribution in [0.5, 0.6) is 0 Å². The Hall–Kier alpha value is -1.00. The van der Waals surface area contributed by atoms with E-state index in [1.807, 2.05) is 6.07 Å². The summed E-state index contributed by atoms with van der Waals surface area (Å²) in [4.78, 5) is 4.33. The number of nitrogens with zero attached hydrogens (tertiary/aromatic N) is 3. The number of halogens is 1. The van der Waals surface area contributed by atoms with E-state index in [0.717, 1.165) is 22.3 Å². The van der Waals surface area contributed by atoms with Gasteiger partial charge in [0.05, 0.1) is 22.9 Å². The summed E-state index contributed by atoms with van der Waals surface area (Å²) in [6.07, 6.45) is 1.79. The Bertz CT molecular complexity index is 676. The Morgan fingerprint density at radius 1 is 1.12 bits per heavy atom. The Kier molecular flexibility index (Phi) is 2.84. The molecule has 0 radical (unpaired) electrons. The van der Waals surface area contributed by atoms with Crippen LogP contribution in [0.1, 0.15) is 0 Å². The van der Waals surface area contributed by atoms with Crippen LogP contribution in [-0.2, 0) is 0 Å². The molecule has 3 nitrogen and oxygen atoms in total. The third kappa shape index (κ3) is 1.96. The second-order valence-electron chi connectivity index (χ2n) is 3.71. The predicted molar refractivity (Wildman–Crippen MR) is 81.7 cm³/mol. The molecule has 0 saturated carbocycles. The van der Waals surface area contributed by atoms with Gasteiger partial charge in [0.2, 0.25) is 0 Å². The highest BCUT2D eigenvalue weighted by Crippen LogP contribution is 2.27. The molecule has 84 valence electrons. The predicted octanol–water partition coefficient (Wildman–Crippen LogP) is 2.80. The number of rotatable bonds is 1. The van der Waals surface area contributed by atoms with E-state index < -0.39 is 0 Å². The molecule has 0 spiro atoms. The molecule has 0 amide bonds. The Balaban J connectivity index is 2.27. The first-order chi connectivity index (χ1) is 8.25. The van der Waals surface area contributed by atoms with Crippen LogP contribution in [0.15, 0.2) is 42.6 Å². The normalized spacial score (nSPS) is 10.9. The zero-order valence-corrected chi connectivity index (χ0v) is 12.2. The molecule has 17 heavy (non-hydrogen) atoms. The van der Waals surface area contributed by atoms with Crippen molar-refractivity contribution in [3.63, 3.8) is 0 Å². The molecule has 0 bridgehead atoms. The number of hydrogen-bond acceptors (Lipinski definition) is 2. The van der Waals surface area contributed by atoms with Crippen LogP contribution in [0.2, 0.25) is 0 Å². The van der Waals surface area contributed by atoms with Gasteiger partial charge in [-0.2, -0.15) is 7.99 Å². The maximum Gasteiger partial charge on any atom is 0.168 e. The summed E-state index contributed by atoms with van der Waals surface area (Å²) < 4.78 is 1.79. The van der Waals surface area contributed by atoms with Crippen LogP contribution in [0.25, 0.3) is 22.3 Å². The number of pyridine rings is 1. The SMILES string of the molecule is Pc1ccc(-c2nn(I)c3ncccc23)cc1. The summed E-state index contributed by atoms with van der Waals surface area (Å²) >= 11 is 2.15. The van der Waals surface area contributed by atoms with Crippen LogP contribution in [0, 0.1) is 0 Å². The van der Waals surface area contributed by atoms with Crippen molar-refractivity contribution >= 4 is 48.4 Å². The molecule has 2 heterocycles. The van der Waals surface area contributed by atoms with Crippen molar-refractivity contribution < 1.29 is 0 Å². The fourth-order valence-electron chi connectivity index (χ4n) is 1.77. The Morgan fingerprint density at radius 3 is 2.65 bits per heavy atom. The number of hydrogen-bond donors (Lipinski definition) is 0. The molecule has 0 aliphatic carbocycles. The second kappa shape index (κ2) is 4.35. The number of fused-ring (bicyclic) bond motifs is 1. The zero-order valence-electron chi connectivity index (χ0n) is 8.84. The van der Waals surface area contributed by atoms with E-state index in [1.54, 1.807) is 9.09 Å². The van der Waals surface area contributed by atoms with Crippen molar-refractivity contribution in [1.82, 2.24) is 13.0 Å². The monoisotopic (exact) mass is 353 g/mol. The van der Waals surface area contributed by atoms with E-state index in [2.05, 4.69) is 72.5 Å². The van der Waals surface area contributed by atoms with Crippen molar-refractivity contribution in [1.29, 1.82) is 0 Å². The maximum atomic E-state index is 4.52. The van der Waals surface area contributed by atoms with Crippen LogP contribution >= 0.6 is 32.1 Å². The third-order valence-electron chi connectivity index (χ3n) is 2.59. The fourth-order valence-corrected chi connectivity index (χ4v) is 2.56. The largest absolute Gasteiger partial charge is 0.236 e. The van der Waals surface area contributed by atoms with Gasteiger partial charge in [-0.1, -0.05) is 24.3 Å². The highest BCUT2D eigenvalue weighted by molar-refractivity contribution is 14.1. The number of benzene rings is 1. The van der Waals surface area contributed by atoms with Crippen molar-refractivity contribution in [2.45, 2.75) is 0 Å². The van der Waals surface area contributed by atoms with Gasteiger partial charge in [-0.05, 0) is 17.4 Å². The van der Waals surface area contributed by atoms with E-state index in [4.69, 9.17) is 0 Å². The van der Waals surface area contributed by atoms with Gasteiger partial charge in [0, 0.05) is 17.1 Å². The van der Waals surface area contributed by atoms with Crippen LogP contribution in [0.3, 0.4) is 0 Å². The van der Waals surface area contributed by atoms with E-state index in [9.17, 15) is 0 Å². The average Bonchev–Trinajstić information content (AvgIpc) is 2.69. The molecular weight excluding hydrogens is 344 g/mol. The van der Waals surface area contributed by atoms with Gasteiger partial charge < -0.3 is 0 Å². The van der Waals surface area contributed by atoms with Crippen LogP contribution < -0.4 is 5.30 Å². The lowest BCUT2D eigenvalue weighted by Crippen LogP contribution is -1.88. The summed E-state index contributed by atoms with van der Waals surface area (Å²) in [5, 5.41) is 6.78. The van der Waals surface area contributed by atoms with Crippen molar-refractivity contribution in [3.05, 3.63) is 42.6 Å². The second-order valence-corrected chi connectivity index (χ2v) is 5.29. The van der Waals surface area contributed by atoms with Crippen molar-refractivity contribution in [2.75, 3.05) is 0 Å². The van der Waals surface area contributed by atoms with Gasteiger partial charge in [-0.3, -0.25) is 0 Å².